The maximum absolute atomic E-state index is 10.5. The lowest BCUT2D eigenvalue weighted by Gasteiger charge is -1.99. The maximum atomic E-state index is 10.5. The van der Waals surface area contributed by atoms with Crippen LogP contribution >= 0.6 is 0 Å². The summed E-state index contributed by atoms with van der Waals surface area (Å²) in [5, 5.41) is 0. The average molecular weight is 280 g/mol. The van der Waals surface area contributed by atoms with Gasteiger partial charge in [-0.3, -0.25) is 4.79 Å². The number of hydrogen-bond donors (Lipinski definition) is 0. The minimum absolute atomic E-state index is 0.245. The fourth-order valence-corrected chi connectivity index (χ4v) is 2.00. The summed E-state index contributed by atoms with van der Waals surface area (Å²) in [7, 11) is 0. The van der Waals surface area contributed by atoms with Gasteiger partial charge in [-0.05, 0) is 38.2 Å². The lowest BCUT2D eigenvalue weighted by molar-refractivity contribution is -0.135. The molecule has 0 aromatic rings. The van der Waals surface area contributed by atoms with E-state index < -0.39 is 0 Å². The molecule has 0 N–H and O–H groups in total. The summed E-state index contributed by atoms with van der Waals surface area (Å²) in [5.41, 5.74) is 0. The summed E-state index contributed by atoms with van der Waals surface area (Å²) in [6.45, 7) is 3.66. The van der Waals surface area contributed by atoms with Gasteiger partial charge in [-0.2, -0.15) is 0 Å². The molecule has 0 heterocycles. The molecule has 0 aliphatic carbocycles. The quantitative estimate of drug-likeness (QED) is 0.181. The van der Waals surface area contributed by atoms with E-state index in [2.05, 4.69) is 19.1 Å². The Labute approximate surface area is 125 Å². The Bertz CT molecular complexity index is 267. The van der Waals surface area contributed by atoms with Crippen LogP contribution in [0.4, 0.5) is 0 Å². The minimum Gasteiger partial charge on any atom is -0.435 e. The summed E-state index contributed by atoms with van der Waals surface area (Å²) < 4.78 is 4.72. The van der Waals surface area contributed by atoms with Crippen molar-refractivity contribution in [2.45, 2.75) is 84.5 Å². The smallest absolute Gasteiger partial charge is 0.307 e. The maximum Gasteiger partial charge on any atom is 0.307 e. The first-order valence-electron chi connectivity index (χ1n) is 8.24. The van der Waals surface area contributed by atoms with Crippen molar-refractivity contribution in [3.63, 3.8) is 0 Å². The highest BCUT2D eigenvalue weighted by Gasteiger charge is 1.90. The molecule has 0 radical (unpaired) electrons. The second-order valence-electron chi connectivity index (χ2n) is 5.29. The predicted molar refractivity (Wildman–Crippen MR) is 86.5 cm³/mol. The van der Waals surface area contributed by atoms with E-state index >= 15 is 0 Å². The molecule has 0 aromatic heterocycles. The first-order chi connectivity index (χ1) is 9.77. The van der Waals surface area contributed by atoms with E-state index in [9.17, 15) is 4.79 Å². The van der Waals surface area contributed by atoms with Gasteiger partial charge in [0.1, 0.15) is 0 Å². The van der Waals surface area contributed by atoms with Crippen molar-refractivity contribution in [1.82, 2.24) is 0 Å². The van der Waals surface area contributed by atoms with E-state index in [1.54, 1.807) is 0 Å². The van der Waals surface area contributed by atoms with Crippen molar-refractivity contribution in [1.29, 1.82) is 0 Å². The molecule has 20 heavy (non-hydrogen) atoms. The highest BCUT2D eigenvalue weighted by molar-refractivity contribution is 5.66. The van der Waals surface area contributed by atoms with Crippen molar-refractivity contribution in [3.05, 3.63) is 24.5 Å². The van der Waals surface area contributed by atoms with Gasteiger partial charge in [0.05, 0.1) is 6.26 Å². The van der Waals surface area contributed by atoms with Crippen molar-refractivity contribution in [2.24, 2.45) is 0 Å². The number of ether oxygens (including phenoxy) is 1. The zero-order valence-electron chi connectivity index (χ0n) is 13.4. The average Bonchev–Trinajstić information content (AvgIpc) is 2.43. The third-order valence-corrected chi connectivity index (χ3v) is 3.21. The van der Waals surface area contributed by atoms with E-state index in [0.29, 0.717) is 0 Å². The number of esters is 1. The summed E-state index contributed by atoms with van der Waals surface area (Å²) in [5.74, 6) is -0.245. The fourth-order valence-electron chi connectivity index (χ4n) is 2.00. The molecule has 0 amide bonds. The Morgan fingerprint density at radius 3 is 1.85 bits per heavy atom. The summed E-state index contributed by atoms with van der Waals surface area (Å²) in [6, 6.07) is 0. The van der Waals surface area contributed by atoms with Gasteiger partial charge in [0.25, 0.3) is 0 Å². The molecular weight excluding hydrogens is 248 g/mol. The summed E-state index contributed by atoms with van der Waals surface area (Å²) in [4.78, 5) is 10.5. The van der Waals surface area contributed by atoms with Crippen LogP contribution in [0.3, 0.4) is 0 Å². The number of rotatable bonds is 13. The first kappa shape index (κ1) is 18.9. The molecule has 2 nitrogen and oxygen atoms in total. The van der Waals surface area contributed by atoms with Crippen LogP contribution in [0.25, 0.3) is 0 Å². The Kier molecular flexibility index (Phi) is 15.2. The van der Waals surface area contributed by atoms with E-state index in [1.165, 1.54) is 77.4 Å². The van der Waals surface area contributed by atoms with Crippen LogP contribution in [0.5, 0.6) is 0 Å². The van der Waals surface area contributed by atoms with Gasteiger partial charge in [-0.25, -0.2) is 0 Å². The molecule has 0 aliphatic heterocycles. The van der Waals surface area contributed by atoms with Gasteiger partial charge < -0.3 is 4.74 Å². The van der Waals surface area contributed by atoms with Crippen LogP contribution in [0.2, 0.25) is 0 Å². The number of unbranched alkanes of at least 4 members (excludes halogenated alkanes) is 9. The van der Waals surface area contributed by atoms with Crippen LogP contribution in [0.1, 0.15) is 84.5 Å². The third-order valence-electron chi connectivity index (χ3n) is 3.21. The molecule has 0 aromatic carbocycles. The largest absolute Gasteiger partial charge is 0.435 e. The zero-order chi connectivity index (χ0) is 14.9. The number of carbonyl (C=O) groups excluding carboxylic acids is 1. The van der Waals surface area contributed by atoms with Crippen molar-refractivity contribution in [2.75, 3.05) is 0 Å². The first-order valence-corrected chi connectivity index (χ1v) is 8.24. The molecule has 116 valence electrons. The van der Waals surface area contributed by atoms with Crippen LogP contribution in [-0.4, -0.2) is 5.97 Å². The van der Waals surface area contributed by atoms with E-state index in [-0.39, 0.29) is 5.97 Å². The van der Waals surface area contributed by atoms with Crippen molar-refractivity contribution in [3.8, 4) is 0 Å². The fraction of sp³-hybridized carbons (Fsp3) is 0.722. The van der Waals surface area contributed by atoms with Gasteiger partial charge in [-0.1, -0.05) is 57.6 Å². The normalized spacial score (nSPS) is 11.5. The van der Waals surface area contributed by atoms with Gasteiger partial charge in [0.2, 0.25) is 0 Å². The predicted octanol–water partition coefficient (Wildman–Crippen LogP) is 5.93. The summed E-state index contributed by atoms with van der Waals surface area (Å²) >= 11 is 0. The van der Waals surface area contributed by atoms with E-state index in [0.717, 1.165) is 6.42 Å². The highest BCUT2D eigenvalue weighted by Crippen LogP contribution is 2.09. The van der Waals surface area contributed by atoms with Crippen molar-refractivity contribution < 1.29 is 9.53 Å². The molecule has 0 atom stereocenters. The van der Waals surface area contributed by atoms with E-state index in [4.69, 9.17) is 4.74 Å². The van der Waals surface area contributed by atoms with Gasteiger partial charge in [0, 0.05) is 6.92 Å². The summed E-state index contributed by atoms with van der Waals surface area (Å²) in [6.07, 6.45) is 22.0. The zero-order valence-corrected chi connectivity index (χ0v) is 13.4. The van der Waals surface area contributed by atoms with E-state index in [1.807, 2.05) is 6.08 Å². The van der Waals surface area contributed by atoms with Crippen LogP contribution in [0.15, 0.2) is 24.5 Å². The van der Waals surface area contributed by atoms with Gasteiger partial charge >= 0.3 is 5.97 Å². The second kappa shape index (κ2) is 16.0. The SMILES string of the molecule is CCCCC=CCCCCCCCC/C=C\OC(C)=O. The lowest BCUT2D eigenvalue weighted by Crippen LogP contribution is -1.89. The Morgan fingerprint density at radius 2 is 1.30 bits per heavy atom. The van der Waals surface area contributed by atoms with Gasteiger partial charge in [-0.15, -0.1) is 0 Å². The molecule has 0 saturated heterocycles. The topological polar surface area (TPSA) is 26.3 Å². The Hall–Kier alpha value is -1.05. The van der Waals surface area contributed by atoms with Crippen LogP contribution < -0.4 is 0 Å². The molecule has 0 saturated carbocycles. The Balaban J connectivity index is 3.11. The number of hydrogen-bond acceptors (Lipinski definition) is 2. The van der Waals surface area contributed by atoms with Gasteiger partial charge in [0.15, 0.2) is 0 Å². The van der Waals surface area contributed by atoms with Crippen LogP contribution in [-0.2, 0) is 9.53 Å². The molecular formula is C18H32O2. The number of carbonyl (C=O) groups is 1. The molecule has 0 bridgehead atoms. The molecule has 0 spiro atoms. The lowest BCUT2D eigenvalue weighted by atomic mass is 10.1. The molecule has 0 fully saturated rings. The molecule has 2 heteroatoms. The highest BCUT2D eigenvalue weighted by atomic mass is 16.5. The molecule has 0 unspecified atom stereocenters. The third kappa shape index (κ3) is 16.9. The molecule has 0 aliphatic rings. The second-order valence-corrected chi connectivity index (χ2v) is 5.29. The monoisotopic (exact) mass is 280 g/mol. The van der Waals surface area contributed by atoms with Crippen molar-refractivity contribution >= 4 is 5.97 Å². The molecule has 0 rings (SSSR count). The minimum atomic E-state index is -0.245. The number of allylic oxidation sites excluding steroid dienone is 3. The Morgan fingerprint density at radius 1 is 0.800 bits per heavy atom. The van der Waals surface area contributed by atoms with Crippen LogP contribution in [0, 0.1) is 0 Å². The standard InChI is InChI=1S/C18H32O2/c1-3-4-5-6-7-8-9-10-11-12-13-14-15-16-17-20-18(2)19/h6-7,16-17H,3-5,8-15H2,1-2H3/b7-6?,17-16-.